The average Bonchev–Trinajstić information content (AvgIpc) is 3.42. The molecule has 0 aliphatic carbocycles. The summed E-state index contributed by atoms with van der Waals surface area (Å²) in [5, 5.41) is 12.9. The molecule has 0 atom stereocenters. The summed E-state index contributed by atoms with van der Waals surface area (Å²) in [5.41, 5.74) is 2.76. The van der Waals surface area contributed by atoms with Gasteiger partial charge in [-0.3, -0.25) is 4.79 Å². The lowest BCUT2D eigenvalue weighted by Crippen LogP contribution is -2.13. The summed E-state index contributed by atoms with van der Waals surface area (Å²) in [5.74, 6) is 0.946. The summed E-state index contributed by atoms with van der Waals surface area (Å²) in [7, 11) is 0. The molecule has 3 aromatic heterocycles. The highest BCUT2D eigenvalue weighted by Gasteiger charge is 2.13. The maximum atomic E-state index is 12.3. The zero-order valence-electron chi connectivity index (χ0n) is 13.7. The molecule has 0 spiro atoms. The minimum atomic E-state index is -0.0794. The molecule has 0 unspecified atom stereocenters. The molecule has 3 heterocycles. The number of amides is 1. The highest BCUT2D eigenvalue weighted by Crippen LogP contribution is 2.31. The summed E-state index contributed by atoms with van der Waals surface area (Å²) in [4.78, 5) is 17.8. The lowest BCUT2D eigenvalue weighted by Gasteiger charge is -2.09. The fourth-order valence-electron chi connectivity index (χ4n) is 2.54. The van der Waals surface area contributed by atoms with Crippen LogP contribution in [0.4, 0.5) is 5.69 Å². The molecular weight excluding hydrogens is 366 g/mol. The van der Waals surface area contributed by atoms with Gasteiger partial charge in [-0.25, -0.2) is 0 Å². The molecule has 0 aliphatic rings. The molecule has 1 amide bonds. The third-order valence-electron chi connectivity index (χ3n) is 3.80. The van der Waals surface area contributed by atoms with E-state index in [9.17, 15) is 4.79 Å². The number of thiophene rings is 2. The third kappa shape index (κ3) is 3.74. The minimum absolute atomic E-state index is 0.0794. The number of nitrogens with one attached hydrogen (secondary N) is 1. The first-order valence-corrected chi connectivity index (χ1v) is 9.90. The Bertz CT molecular complexity index is 992. The SMILES string of the molecule is O=C(CCc1nc(-c2ccsc2)no1)Nc1ccccc1-c1cccs1. The second-order valence-corrected chi connectivity index (χ2v) is 7.32. The second kappa shape index (κ2) is 7.63. The van der Waals surface area contributed by atoms with Crippen LogP contribution in [0.15, 0.2) is 63.1 Å². The smallest absolute Gasteiger partial charge is 0.227 e. The van der Waals surface area contributed by atoms with Crippen LogP contribution < -0.4 is 5.32 Å². The Morgan fingerprint density at radius 2 is 2.04 bits per heavy atom. The van der Waals surface area contributed by atoms with Crippen LogP contribution in [0.25, 0.3) is 21.8 Å². The van der Waals surface area contributed by atoms with E-state index >= 15 is 0 Å². The second-order valence-electron chi connectivity index (χ2n) is 5.59. The van der Waals surface area contributed by atoms with Crippen LogP contribution in [0, 0.1) is 0 Å². The largest absolute Gasteiger partial charge is 0.339 e. The molecule has 7 heteroatoms. The lowest BCUT2D eigenvalue weighted by molar-refractivity contribution is -0.116. The Hall–Kier alpha value is -2.77. The standard InChI is InChI=1S/C19H15N3O2S2/c23-17(7-8-18-21-19(22-24-18)13-9-11-25-12-13)20-15-5-2-1-4-14(15)16-6-3-10-26-16/h1-6,9-12H,7-8H2,(H,20,23). The van der Waals surface area contributed by atoms with Crippen LogP contribution in [-0.2, 0) is 11.2 Å². The summed E-state index contributed by atoms with van der Waals surface area (Å²) in [6, 6.07) is 13.8. The number of carbonyl (C=O) groups excluding carboxylic acids is 1. The first-order chi connectivity index (χ1) is 12.8. The van der Waals surface area contributed by atoms with Gasteiger partial charge < -0.3 is 9.84 Å². The Labute approximate surface area is 158 Å². The van der Waals surface area contributed by atoms with Crippen LogP contribution in [0.1, 0.15) is 12.3 Å². The zero-order valence-corrected chi connectivity index (χ0v) is 15.3. The number of aromatic nitrogens is 2. The number of benzene rings is 1. The van der Waals surface area contributed by atoms with Crippen molar-refractivity contribution in [1.29, 1.82) is 0 Å². The number of rotatable bonds is 6. The van der Waals surface area contributed by atoms with Crippen molar-refractivity contribution in [2.24, 2.45) is 0 Å². The van der Waals surface area contributed by atoms with Crippen molar-refractivity contribution < 1.29 is 9.32 Å². The highest BCUT2D eigenvalue weighted by atomic mass is 32.1. The van der Waals surface area contributed by atoms with Gasteiger partial charge in [-0.15, -0.1) is 11.3 Å². The minimum Gasteiger partial charge on any atom is -0.339 e. The summed E-state index contributed by atoms with van der Waals surface area (Å²) in [6.45, 7) is 0. The molecule has 4 rings (SSSR count). The number of para-hydroxylation sites is 1. The van der Waals surface area contributed by atoms with Gasteiger partial charge >= 0.3 is 0 Å². The molecule has 130 valence electrons. The van der Waals surface area contributed by atoms with Crippen LogP contribution >= 0.6 is 22.7 Å². The normalized spacial score (nSPS) is 10.8. The van der Waals surface area contributed by atoms with Gasteiger partial charge in [-0.1, -0.05) is 29.4 Å². The van der Waals surface area contributed by atoms with Crippen molar-refractivity contribution in [3.63, 3.8) is 0 Å². The van der Waals surface area contributed by atoms with Crippen molar-refractivity contribution in [3.05, 3.63) is 64.5 Å². The van der Waals surface area contributed by atoms with E-state index in [0.717, 1.165) is 21.7 Å². The first-order valence-electron chi connectivity index (χ1n) is 8.07. The maximum Gasteiger partial charge on any atom is 0.227 e. The number of hydrogen-bond donors (Lipinski definition) is 1. The van der Waals surface area contributed by atoms with Gasteiger partial charge in [-0.05, 0) is 29.0 Å². The molecule has 5 nitrogen and oxygen atoms in total. The molecule has 0 fully saturated rings. The van der Waals surface area contributed by atoms with Crippen LogP contribution in [0.3, 0.4) is 0 Å². The van der Waals surface area contributed by atoms with Gasteiger partial charge in [-0.2, -0.15) is 16.3 Å². The topological polar surface area (TPSA) is 68.0 Å². The fraction of sp³-hybridized carbons (Fsp3) is 0.105. The van der Waals surface area contributed by atoms with Gasteiger partial charge in [0.05, 0.1) is 0 Å². The molecule has 4 aromatic rings. The lowest BCUT2D eigenvalue weighted by atomic mass is 10.1. The predicted molar refractivity (Wildman–Crippen MR) is 104 cm³/mol. The summed E-state index contributed by atoms with van der Waals surface area (Å²) >= 11 is 3.22. The number of nitrogens with zero attached hydrogens (tertiary/aromatic N) is 2. The molecule has 0 radical (unpaired) electrons. The van der Waals surface area contributed by atoms with Gasteiger partial charge in [0.15, 0.2) is 0 Å². The number of aryl methyl sites for hydroxylation is 1. The number of carbonyl (C=O) groups is 1. The van der Waals surface area contributed by atoms with Gasteiger partial charge in [0.1, 0.15) is 0 Å². The molecule has 1 N–H and O–H groups in total. The van der Waals surface area contributed by atoms with E-state index in [1.54, 1.807) is 22.7 Å². The van der Waals surface area contributed by atoms with E-state index in [1.165, 1.54) is 0 Å². The average molecular weight is 381 g/mol. The molecule has 0 bridgehead atoms. The van der Waals surface area contributed by atoms with Gasteiger partial charge in [0.25, 0.3) is 0 Å². The summed E-state index contributed by atoms with van der Waals surface area (Å²) in [6.07, 6.45) is 0.689. The number of anilines is 1. The maximum absolute atomic E-state index is 12.3. The molecule has 0 aliphatic heterocycles. The van der Waals surface area contributed by atoms with E-state index in [2.05, 4.69) is 15.5 Å². The molecule has 0 saturated heterocycles. The van der Waals surface area contributed by atoms with E-state index in [1.807, 2.05) is 58.6 Å². The fourth-order valence-corrected chi connectivity index (χ4v) is 3.94. The van der Waals surface area contributed by atoms with Crippen LogP contribution in [-0.4, -0.2) is 16.0 Å². The molecule has 1 aromatic carbocycles. The van der Waals surface area contributed by atoms with Crippen LogP contribution in [0.5, 0.6) is 0 Å². The Kier molecular flexibility index (Phi) is 4.90. The molecular formula is C19H15N3O2S2. The van der Waals surface area contributed by atoms with Gasteiger partial charge in [0, 0.05) is 39.9 Å². The van der Waals surface area contributed by atoms with Gasteiger partial charge in [0.2, 0.25) is 17.6 Å². The predicted octanol–water partition coefficient (Wildman–Crippen LogP) is 5.10. The van der Waals surface area contributed by atoms with E-state index in [0.29, 0.717) is 18.1 Å². The Morgan fingerprint density at radius 1 is 1.12 bits per heavy atom. The van der Waals surface area contributed by atoms with E-state index in [-0.39, 0.29) is 12.3 Å². The third-order valence-corrected chi connectivity index (χ3v) is 5.39. The quantitative estimate of drug-likeness (QED) is 0.505. The monoisotopic (exact) mass is 381 g/mol. The van der Waals surface area contributed by atoms with Crippen molar-refractivity contribution in [3.8, 4) is 21.8 Å². The molecule has 26 heavy (non-hydrogen) atoms. The first kappa shape index (κ1) is 16.7. The highest BCUT2D eigenvalue weighted by molar-refractivity contribution is 7.13. The van der Waals surface area contributed by atoms with Crippen molar-refractivity contribution in [2.45, 2.75) is 12.8 Å². The van der Waals surface area contributed by atoms with Crippen molar-refractivity contribution >= 4 is 34.3 Å². The zero-order chi connectivity index (χ0) is 17.8. The van der Waals surface area contributed by atoms with E-state index < -0.39 is 0 Å². The Balaban J connectivity index is 1.39. The molecule has 0 saturated carbocycles. The van der Waals surface area contributed by atoms with Crippen LogP contribution in [0.2, 0.25) is 0 Å². The summed E-state index contributed by atoms with van der Waals surface area (Å²) < 4.78 is 5.24. The Morgan fingerprint density at radius 3 is 2.85 bits per heavy atom. The number of hydrogen-bond acceptors (Lipinski definition) is 6. The van der Waals surface area contributed by atoms with E-state index in [4.69, 9.17) is 4.52 Å². The van der Waals surface area contributed by atoms with Crippen molar-refractivity contribution in [2.75, 3.05) is 5.32 Å². The van der Waals surface area contributed by atoms with Crippen molar-refractivity contribution in [1.82, 2.24) is 10.1 Å².